The maximum Gasteiger partial charge on any atom is 0.330 e. The first kappa shape index (κ1) is 23.2. The van der Waals surface area contributed by atoms with Crippen molar-refractivity contribution in [3.63, 3.8) is 0 Å². The van der Waals surface area contributed by atoms with Crippen LogP contribution in [0.25, 0.3) is 10.4 Å². The molecule has 0 aliphatic carbocycles. The van der Waals surface area contributed by atoms with E-state index in [1.54, 1.807) is 0 Å². The van der Waals surface area contributed by atoms with Crippen LogP contribution in [0.4, 0.5) is 0 Å². The van der Waals surface area contributed by atoms with Gasteiger partial charge in [-0.3, -0.25) is 0 Å². The normalized spacial score (nSPS) is 13.9. The summed E-state index contributed by atoms with van der Waals surface area (Å²) in [6.07, 6.45) is 2.44. The maximum absolute atomic E-state index is 11.5. The third kappa shape index (κ3) is 8.09. The Balaban J connectivity index is 2.08. The number of rotatable bonds is 12. The number of esters is 1. The predicted octanol–water partition coefficient (Wildman–Crippen LogP) is 4.83. The van der Waals surface area contributed by atoms with Crippen molar-refractivity contribution in [3.05, 3.63) is 94.4 Å². The molecule has 2 aromatic carbocycles. The molecule has 0 radical (unpaired) electrons. The van der Waals surface area contributed by atoms with Crippen LogP contribution in [0.3, 0.4) is 0 Å². The van der Waals surface area contributed by atoms with Crippen LogP contribution in [-0.2, 0) is 32.2 Å². The number of hydrogen-bond donors (Lipinski definition) is 0. The van der Waals surface area contributed by atoms with Gasteiger partial charge in [-0.2, -0.15) is 0 Å². The molecule has 0 unspecified atom stereocenters. The molecular formula is C23H27N3O4. The fraction of sp³-hybridized carbons (Fsp3) is 0.348. The Bertz CT molecular complexity index is 836. The highest BCUT2D eigenvalue weighted by Crippen LogP contribution is 2.20. The van der Waals surface area contributed by atoms with Gasteiger partial charge >= 0.3 is 5.97 Å². The zero-order chi connectivity index (χ0) is 21.6. The molecule has 158 valence electrons. The van der Waals surface area contributed by atoms with Crippen LogP contribution in [0.15, 0.2) is 77.9 Å². The van der Waals surface area contributed by atoms with Crippen LogP contribution >= 0.6 is 0 Å². The highest BCUT2D eigenvalue weighted by Gasteiger charge is 2.25. The summed E-state index contributed by atoms with van der Waals surface area (Å²) < 4.78 is 16.6. The molecule has 0 spiro atoms. The van der Waals surface area contributed by atoms with Gasteiger partial charge < -0.3 is 14.2 Å². The number of azide groups is 1. The van der Waals surface area contributed by atoms with Crippen molar-refractivity contribution in [2.75, 3.05) is 13.7 Å². The molecule has 0 saturated carbocycles. The Kier molecular flexibility index (Phi) is 10.2. The zero-order valence-electron chi connectivity index (χ0n) is 17.3. The van der Waals surface area contributed by atoms with E-state index in [9.17, 15) is 4.79 Å². The van der Waals surface area contributed by atoms with E-state index < -0.39 is 12.0 Å². The fourth-order valence-electron chi connectivity index (χ4n) is 2.84. The van der Waals surface area contributed by atoms with Crippen molar-refractivity contribution in [1.82, 2.24) is 0 Å². The lowest BCUT2D eigenvalue weighted by molar-refractivity contribution is -0.134. The molecule has 7 heteroatoms. The number of methoxy groups -OCH3 is 1. The Morgan fingerprint density at radius 3 is 2.23 bits per heavy atom. The Labute approximate surface area is 176 Å². The number of carbonyl (C=O) groups is 1. The lowest BCUT2D eigenvalue weighted by Crippen LogP contribution is -2.33. The lowest BCUT2D eigenvalue weighted by atomic mass is 9.96. The number of hydrogen-bond acceptors (Lipinski definition) is 5. The van der Waals surface area contributed by atoms with Crippen molar-refractivity contribution >= 4 is 5.97 Å². The van der Waals surface area contributed by atoms with Gasteiger partial charge in [0.2, 0.25) is 0 Å². The van der Waals surface area contributed by atoms with E-state index in [0.717, 1.165) is 11.1 Å². The van der Waals surface area contributed by atoms with Crippen LogP contribution in [0, 0.1) is 5.92 Å². The quantitative estimate of drug-likeness (QED) is 0.165. The van der Waals surface area contributed by atoms with Gasteiger partial charge in [0, 0.05) is 11.0 Å². The Hall–Kier alpha value is -3.12. The lowest BCUT2D eigenvalue weighted by Gasteiger charge is -2.27. The van der Waals surface area contributed by atoms with Gasteiger partial charge in [-0.25, -0.2) is 4.79 Å². The predicted molar refractivity (Wildman–Crippen MR) is 114 cm³/mol. The molecule has 0 aliphatic rings. The summed E-state index contributed by atoms with van der Waals surface area (Å²) in [7, 11) is 1.29. The molecule has 0 saturated heterocycles. The summed E-state index contributed by atoms with van der Waals surface area (Å²) in [5.74, 6) is -0.747. The van der Waals surface area contributed by atoms with Crippen LogP contribution in [0.1, 0.15) is 18.1 Å². The van der Waals surface area contributed by atoms with E-state index in [0.29, 0.717) is 19.8 Å². The van der Waals surface area contributed by atoms with Crippen LogP contribution < -0.4 is 0 Å². The average Bonchev–Trinajstić information content (AvgIpc) is 2.79. The molecule has 2 rings (SSSR count). The topological polar surface area (TPSA) is 93.5 Å². The van der Waals surface area contributed by atoms with E-state index in [4.69, 9.17) is 15.0 Å². The second-order valence-corrected chi connectivity index (χ2v) is 6.77. The first-order valence-electron chi connectivity index (χ1n) is 9.71. The molecule has 0 N–H and O–H groups in total. The minimum atomic E-state index is -0.588. The molecule has 7 nitrogen and oxygen atoms in total. The Morgan fingerprint density at radius 2 is 1.67 bits per heavy atom. The van der Waals surface area contributed by atoms with Crippen LogP contribution in [-0.4, -0.2) is 31.8 Å². The highest BCUT2D eigenvalue weighted by molar-refractivity contribution is 5.81. The van der Waals surface area contributed by atoms with E-state index >= 15 is 0 Å². The fourth-order valence-corrected chi connectivity index (χ4v) is 2.84. The van der Waals surface area contributed by atoms with Crippen molar-refractivity contribution < 1.29 is 19.0 Å². The summed E-state index contributed by atoms with van der Waals surface area (Å²) in [5.41, 5.74) is 11.0. The highest BCUT2D eigenvalue weighted by atomic mass is 16.5. The van der Waals surface area contributed by atoms with Gasteiger partial charge in [0.25, 0.3) is 0 Å². The van der Waals surface area contributed by atoms with Gasteiger partial charge in [-0.1, -0.05) is 78.8 Å². The molecule has 0 amide bonds. The summed E-state index contributed by atoms with van der Waals surface area (Å²) in [6, 6.07) is 19.1. The summed E-state index contributed by atoms with van der Waals surface area (Å²) in [4.78, 5) is 14.4. The van der Waals surface area contributed by atoms with Crippen LogP contribution in [0.2, 0.25) is 0 Å². The first-order valence-corrected chi connectivity index (χ1v) is 9.71. The van der Waals surface area contributed by atoms with Gasteiger partial charge in [-0.15, -0.1) is 0 Å². The van der Waals surface area contributed by atoms with Crippen molar-refractivity contribution in [2.45, 2.75) is 32.3 Å². The number of nitrogens with zero attached hydrogens (tertiary/aromatic N) is 3. The molecule has 0 aromatic heterocycles. The number of benzene rings is 2. The zero-order valence-corrected chi connectivity index (χ0v) is 17.3. The summed E-state index contributed by atoms with van der Waals surface area (Å²) in [5, 5.41) is 3.82. The Morgan fingerprint density at radius 1 is 1.07 bits per heavy atom. The standard InChI is InChI=1S/C23H27N3O4/c1-18(21(25-26-24)13-14-23(27)28-2)22(30-16-20-11-7-4-8-12-20)17-29-15-19-9-5-3-6-10-19/h3-14,18,21-22H,15-17H2,1-2H3/b14-13+/t18-,21+,22-/m0/s1. The average molecular weight is 409 g/mol. The third-order valence-electron chi connectivity index (χ3n) is 4.64. The molecule has 0 aliphatic heterocycles. The van der Waals surface area contributed by atoms with Gasteiger partial charge in [0.1, 0.15) is 0 Å². The summed E-state index contributed by atoms with van der Waals surface area (Å²) in [6.45, 7) is 3.06. The van der Waals surface area contributed by atoms with Crippen molar-refractivity contribution in [1.29, 1.82) is 0 Å². The smallest absolute Gasteiger partial charge is 0.330 e. The van der Waals surface area contributed by atoms with Gasteiger partial charge in [-0.05, 0) is 22.6 Å². The first-order chi connectivity index (χ1) is 14.6. The molecule has 2 aromatic rings. The molecular weight excluding hydrogens is 382 g/mol. The summed E-state index contributed by atoms with van der Waals surface area (Å²) >= 11 is 0. The largest absolute Gasteiger partial charge is 0.466 e. The van der Waals surface area contributed by atoms with E-state index in [1.807, 2.05) is 67.6 Å². The molecule has 0 fully saturated rings. The minimum absolute atomic E-state index is 0.235. The van der Waals surface area contributed by atoms with Crippen molar-refractivity contribution in [3.8, 4) is 0 Å². The third-order valence-corrected chi connectivity index (χ3v) is 4.64. The second kappa shape index (κ2) is 13.2. The van der Waals surface area contributed by atoms with Crippen molar-refractivity contribution in [2.24, 2.45) is 11.0 Å². The van der Waals surface area contributed by atoms with Crippen LogP contribution in [0.5, 0.6) is 0 Å². The van der Waals surface area contributed by atoms with Gasteiger partial charge in [0.15, 0.2) is 0 Å². The maximum atomic E-state index is 11.5. The SMILES string of the molecule is COC(=O)/C=C/[C@@H](N=[N+]=[N-])[C@H](C)[C@H](COCc1ccccc1)OCc1ccccc1. The molecule has 0 bridgehead atoms. The molecule has 3 atom stereocenters. The van der Waals surface area contributed by atoms with E-state index in [-0.39, 0.29) is 12.0 Å². The minimum Gasteiger partial charge on any atom is -0.466 e. The monoisotopic (exact) mass is 409 g/mol. The molecule has 30 heavy (non-hydrogen) atoms. The van der Waals surface area contributed by atoms with E-state index in [1.165, 1.54) is 19.3 Å². The van der Waals surface area contributed by atoms with E-state index in [2.05, 4.69) is 14.8 Å². The number of ether oxygens (including phenoxy) is 3. The number of carbonyl (C=O) groups excluding carboxylic acids is 1. The second-order valence-electron chi connectivity index (χ2n) is 6.77. The molecule has 0 heterocycles. The van der Waals surface area contributed by atoms with Gasteiger partial charge in [0.05, 0.1) is 39.1 Å².